The average Bonchev–Trinajstić information content (AvgIpc) is 2.77. The van der Waals surface area contributed by atoms with E-state index in [4.69, 9.17) is 9.47 Å². The number of fused-ring (bicyclic) bond motifs is 4. The van der Waals surface area contributed by atoms with Crippen LogP contribution in [0.2, 0.25) is 0 Å². The quantitative estimate of drug-likeness (QED) is 0.745. The fourth-order valence-corrected chi connectivity index (χ4v) is 7.04. The predicted octanol–water partition coefficient (Wildman–Crippen LogP) is 4.63. The van der Waals surface area contributed by atoms with Crippen molar-refractivity contribution in [1.29, 1.82) is 0 Å². The summed E-state index contributed by atoms with van der Waals surface area (Å²) in [5.41, 5.74) is 1.68. The van der Waals surface area contributed by atoms with Crippen LogP contribution < -0.4 is 9.47 Å². The second-order valence-corrected chi connectivity index (χ2v) is 8.99. The van der Waals surface area contributed by atoms with Gasteiger partial charge in [0.25, 0.3) is 0 Å². The molecule has 4 heteroatoms. The van der Waals surface area contributed by atoms with Gasteiger partial charge in [0.15, 0.2) is 0 Å². The molecule has 0 heterocycles. The van der Waals surface area contributed by atoms with Gasteiger partial charge in [0.2, 0.25) is 0 Å². The Morgan fingerprint density at radius 2 is 1.03 bits per heavy atom. The van der Waals surface area contributed by atoms with Gasteiger partial charge < -0.3 is 9.47 Å². The molecule has 3 aliphatic rings. The van der Waals surface area contributed by atoms with E-state index in [-0.39, 0.29) is 34.2 Å². The average molecular weight is 405 g/mol. The van der Waals surface area contributed by atoms with Crippen molar-refractivity contribution in [3.63, 3.8) is 0 Å². The number of carbonyl (C=O) groups excluding carboxylic acids is 2. The van der Waals surface area contributed by atoms with Gasteiger partial charge in [-0.3, -0.25) is 9.59 Å². The van der Waals surface area contributed by atoms with Crippen molar-refractivity contribution in [2.24, 2.45) is 11.8 Å². The van der Waals surface area contributed by atoms with Gasteiger partial charge in [0.1, 0.15) is 23.1 Å². The number of ketones is 2. The van der Waals surface area contributed by atoms with Crippen LogP contribution in [0.15, 0.2) is 48.5 Å². The van der Waals surface area contributed by atoms with Crippen LogP contribution in [0.3, 0.4) is 0 Å². The molecule has 4 atom stereocenters. The van der Waals surface area contributed by atoms with E-state index in [2.05, 4.69) is 24.3 Å². The number of hydrogen-bond donors (Lipinski definition) is 0. The summed E-state index contributed by atoms with van der Waals surface area (Å²) >= 11 is 0. The van der Waals surface area contributed by atoms with Gasteiger partial charge in [-0.15, -0.1) is 0 Å². The largest absolute Gasteiger partial charge is 0.497 e. The molecule has 2 aromatic carbocycles. The number of hydrogen-bond acceptors (Lipinski definition) is 4. The molecule has 0 bridgehead atoms. The first-order chi connectivity index (χ1) is 14.6. The zero-order chi connectivity index (χ0) is 20.9. The number of rotatable bonds is 4. The van der Waals surface area contributed by atoms with E-state index in [1.54, 1.807) is 14.2 Å². The van der Waals surface area contributed by atoms with Gasteiger partial charge in [0.05, 0.1) is 14.2 Å². The first-order valence-corrected chi connectivity index (χ1v) is 10.9. The summed E-state index contributed by atoms with van der Waals surface area (Å²) in [5.74, 6) is 1.72. The molecule has 30 heavy (non-hydrogen) atoms. The van der Waals surface area contributed by atoms with Crippen molar-refractivity contribution in [2.45, 2.75) is 49.4 Å². The number of carbonyl (C=O) groups is 2. The molecule has 0 aliphatic heterocycles. The third-order valence-corrected chi connectivity index (χ3v) is 8.08. The van der Waals surface area contributed by atoms with Gasteiger partial charge in [-0.05, 0) is 61.1 Å². The van der Waals surface area contributed by atoms with Crippen molar-refractivity contribution >= 4 is 11.6 Å². The predicted molar refractivity (Wildman–Crippen MR) is 114 cm³/mol. The summed E-state index contributed by atoms with van der Waals surface area (Å²) in [6.45, 7) is 0. The van der Waals surface area contributed by atoms with Crippen molar-refractivity contribution in [2.75, 3.05) is 14.2 Å². The van der Waals surface area contributed by atoms with E-state index < -0.39 is 0 Å². The Balaban J connectivity index is 1.74. The lowest BCUT2D eigenvalue weighted by molar-refractivity contribution is -0.175. The van der Waals surface area contributed by atoms with Crippen LogP contribution in [0.25, 0.3) is 0 Å². The van der Waals surface area contributed by atoms with Gasteiger partial charge in [-0.2, -0.15) is 0 Å². The summed E-state index contributed by atoms with van der Waals surface area (Å²) in [7, 11) is 3.33. The van der Waals surface area contributed by atoms with Crippen molar-refractivity contribution < 1.29 is 19.1 Å². The SMILES string of the molecule is COc1ccc([C@]23CCCC(=O)[C@@H]2[C@@H]2C(=O)CCC[C@@]23c2ccc(OC)cc2)cc1. The molecule has 0 aromatic heterocycles. The molecule has 0 unspecified atom stereocenters. The molecule has 0 spiro atoms. The summed E-state index contributed by atoms with van der Waals surface area (Å²) in [5, 5.41) is 0. The highest BCUT2D eigenvalue weighted by molar-refractivity contribution is 5.97. The number of Topliss-reactive ketones (excluding diaryl/α,β-unsaturated/α-hetero) is 2. The fourth-order valence-electron chi connectivity index (χ4n) is 7.04. The first-order valence-electron chi connectivity index (χ1n) is 10.9. The second kappa shape index (κ2) is 6.97. The highest BCUT2D eigenvalue weighted by atomic mass is 16.5. The Morgan fingerprint density at radius 1 is 0.667 bits per heavy atom. The molecule has 3 saturated carbocycles. The summed E-state index contributed by atoms with van der Waals surface area (Å²) in [6, 6.07) is 16.4. The maximum Gasteiger partial charge on any atom is 0.137 e. The van der Waals surface area contributed by atoms with E-state index in [0.29, 0.717) is 12.8 Å². The maximum atomic E-state index is 13.2. The Labute approximate surface area is 177 Å². The molecule has 0 radical (unpaired) electrons. The molecule has 0 saturated heterocycles. The lowest BCUT2D eigenvalue weighted by atomic mass is 9.29. The number of methoxy groups -OCH3 is 2. The van der Waals surface area contributed by atoms with E-state index in [1.807, 2.05) is 24.3 Å². The van der Waals surface area contributed by atoms with Crippen molar-refractivity contribution in [1.82, 2.24) is 0 Å². The maximum absolute atomic E-state index is 13.2. The highest BCUT2D eigenvalue weighted by Gasteiger charge is 2.76. The van der Waals surface area contributed by atoms with E-state index >= 15 is 0 Å². The topological polar surface area (TPSA) is 52.6 Å². The Hall–Kier alpha value is -2.62. The third kappa shape index (κ3) is 2.33. The highest BCUT2D eigenvalue weighted by Crippen LogP contribution is 2.73. The van der Waals surface area contributed by atoms with Crippen LogP contribution in [0.4, 0.5) is 0 Å². The van der Waals surface area contributed by atoms with Crippen LogP contribution in [0.5, 0.6) is 11.5 Å². The Bertz CT molecular complexity index is 896. The van der Waals surface area contributed by atoms with Crippen LogP contribution in [-0.4, -0.2) is 25.8 Å². The zero-order valence-electron chi connectivity index (χ0n) is 17.6. The molecular formula is C26H28O4. The van der Waals surface area contributed by atoms with Crippen LogP contribution >= 0.6 is 0 Å². The van der Waals surface area contributed by atoms with E-state index in [0.717, 1.165) is 37.2 Å². The third-order valence-electron chi connectivity index (χ3n) is 8.08. The molecule has 0 N–H and O–H groups in total. The molecule has 2 aromatic rings. The van der Waals surface area contributed by atoms with Crippen LogP contribution in [-0.2, 0) is 20.4 Å². The summed E-state index contributed by atoms with van der Waals surface area (Å²) in [4.78, 5) is 26.5. The van der Waals surface area contributed by atoms with Gasteiger partial charge in [-0.25, -0.2) is 0 Å². The number of benzene rings is 2. The molecule has 4 nitrogen and oxygen atoms in total. The van der Waals surface area contributed by atoms with E-state index in [1.165, 1.54) is 11.1 Å². The fraction of sp³-hybridized carbons (Fsp3) is 0.462. The first kappa shape index (κ1) is 19.3. The van der Waals surface area contributed by atoms with Crippen molar-refractivity contribution in [3.05, 3.63) is 59.7 Å². The molecule has 3 fully saturated rings. The molecule has 5 rings (SSSR count). The minimum absolute atomic E-state index is 0.213. The van der Waals surface area contributed by atoms with E-state index in [9.17, 15) is 9.59 Å². The monoisotopic (exact) mass is 404 g/mol. The van der Waals surface area contributed by atoms with Crippen LogP contribution in [0.1, 0.15) is 49.7 Å². The minimum Gasteiger partial charge on any atom is -0.497 e. The van der Waals surface area contributed by atoms with Gasteiger partial charge >= 0.3 is 0 Å². The molecule has 3 aliphatic carbocycles. The zero-order valence-corrected chi connectivity index (χ0v) is 17.6. The Morgan fingerprint density at radius 3 is 1.37 bits per heavy atom. The molecule has 0 amide bonds. The normalized spacial score (nSPS) is 32.6. The second-order valence-electron chi connectivity index (χ2n) is 8.99. The minimum atomic E-state index is -0.329. The lowest BCUT2D eigenvalue weighted by Crippen LogP contribution is -2.76. The smallest absolute Gasteiger partial charge is 0.137 e. The van der Waals surface area contributed by atoms with Gasteiger partial charge in [0, 0.05) is 35.5 Å². The lowest BCUT2D eigenvalue weighted by Gasteiger charge is -2.72. The molecule has 156 valence electrons. The summed E-state index contributed by atoms with van der Waals surface area (Å²) in [6.07, 6.45) is 4.80. The standard InChI is InChI=1S/C26H28O4/c1-29-19-11-7-17(8-12-19)25-15-3-5-21(27)23(25)24-22(28)6-4-16-26(24,25)18-9-13-20(30-2)14-10-18/h7-14,23-24H,3-6,15-16H2,1-2H3/t23-,24+,25-,26-/m1/s1. The van der Waals surface area contributed by atoms with Gasteiger partial charge in [-0.1, -0.05) is 24.3 Å². The Kier molecular flexibility index (Phi) is 4.49. The number of ether oxygens (including phenoxy) is 2. The summed E-state index contributed by atoms with van der Waals surface area (Å²) < 4.78 is 10.8. The van der Waals surface area contributed by atoms with Crippen LogP contribution in [0, 0.1) is 11.8 Å². The molecular weight excluding hydrogens is 376 g/mol. The van der Waals surface area contributed by atoms with Crippen molar-refractivity contribution in [3.8, 4) is 11.5 Å².